The molecule has 2 rings (SSSR count). The summed E-state index contributed by atoms with van der Waals surface area (Å²) in [4.78, 5) is 14.5. The molecule has 2 N–H and O–H groups in total. The first-order valence-corrected chi connectivity index (χ1v) is 7.20. The maximum absolute atomic E-state index is 12.6. The van der Waals surface area contributed by atoms with E-state index in [1.807, 2.05) is 30.0 Å². The molecule has 1 aliphatic heterocycles. The molecule has 1 heterocycles. The fraction of sp³-hybridized carbons (Fsp3) is 0.500. The van der Waals surface area contributed by atoms with Gasteiger partial charge >= 0.3 is 0 Å². The molecule has 0 unspecified atom stereocenters. The number of carbonyl (C=O) groups excluding carboxylic acids is 1. The highest BCUT2D eigenvalue weighted by Gasteiger charge is 2.27. The Balaban J connectivity index is 2.27. The maximum Gasteiger partial charge on any atom is 0.254 e. The first kappa shape index (κ1) is 13.6. The van der Waals surface area contributed by atoms with Gasteiger partial charge in [-0.15, -0.1) is 0 Å². The van der Waals surface area contributed by atoms with Crippen molar-refractivity contribution in [1.29, 1.82) is 0 Å². The molecular weight excluding hydrogens is 292 g/mol. The fourth-order valence-corrected chi connectivity index (χ4v) is 2.87. The number of nitrogens with two attached hydrogens (primary N) is 1. The van der Waals surface area contributed by atoms with Gasteiger partial charge in [-0.25, -0.2) is 0 Å². The predicted octanol–water partition coefficient (Wildman–Crippen LogP) is 2.71. The van der Waals surface area contributed by atoms with Crippen LogP contribution in [0.4, 0.5) is 0 Å². The lowest BCUT2D eigenvalue weighted by Gasteiger charge is -2.35. The number of benzene rings is 1. The SMILES string of the molecule is Cc1c(Br)cccc1C(=O)N1CCCC[C@@H]1CN. The number of hydrogen-bond donors (Lipinski definition) is 1. The zero-order valence-electron chi connectivity index (χ0n) is 10.7. The zero-order chi connectivity index (χ0) is 13.1. The number of amides is 1. The summed E-state index contributed by atoms with van der Waals surface area (Å²) in [5.74, 6) is 0.115. The van der Waals surface area contributed by atoms with Crippen molar-refractivity contribution >= 4 is 21.8 Å². The molecule has 4 heteroatoms. The maximum atomic E-state index is 12.6. The van der Waals surface area contributed by atoms with Crippen molar-refractivity contribution in [3.63, 3.8) is 0 Å². The third-order valence-corrected chi connectivity index (χ3v) is 4.52. The average Bonchev–Trinajstić information content (AvgIpc) is 2.41. The summed E-state index contributed by atoms with van der Waals surface area (Å²) >= 11 is 3.48. The van der Waals surface area contributed by atoms with Gasteiger partial charge in [-0.2, -0.15) is 0 Å². The number of nitrogens with zero attached hydrogens (tertiary/aromatic N) is 1. The molecule has 0 spiro atoms. The van der Waals surface area contributed by atoms with E-state index in [1.165, 1.54) is 6.42 Å². The summed E-state index contributed by atoms with van der Waals surface area (Å²) in [5, 5.41) is 0. The quantitative estimate of drug-likeness (QED) is 0.913. The highest BCUT2D eigenvalue weighted by atomic mass is 79.9. The van der Waals surface area contributed by atoms with Gasteiger partial charge in [0.05, 0.1) is 0 Å². The van der Waals surface area contributed by atoms with Gasteiger partial charge in [0.2, 0.25) is 0 Å². The third kappa shape index (κ3) is 2.59. The summed E-state index contributed by atoms with van der Waals surface area (Å²) in [6, 6.07) is 5.96. The predicted molar refractivity (Wildman–Crippen MR) is 76.6 cm³/mol. The van der Waals surface area contributed by atoms with E-state index < -0.39 is 0 Å². The van der Waals surface area contributed by atoms with E-state index in [-0.39, 0.29) is 11.9 Å². The van der Waals surface area contributed by atoms with E-state index in [4.69, 9.17) is 5.73 Å². The van der Waals surface area contributed by atoms with Crippen molar-refractivity contribution in [2.45, 2.75) is 32.2 Å². The van der Waals surface area contributed by atoms with Gasteiger partial charge in [-0.3, -0.25) is 4.79 Å². The molecule has 1 amide bonds. The number of hydrogen-bond acceptors (Lipinski definition) is 2. The van der Waals surface area contributed by atoms with Gasteiger partial charge in [0.15, 0.2) is 0 Å². The number of piperidine rings is 1. The molecule has 18 heavy (non-hydrogen) atoms. The largest absolute Gasteiger partial charge is 0.334 e. The third-order valence-electron chi connectivity index (χ3n) is 3.66. The van der Waals surface area contributed by atoms with Gasteiger partial charge in [-0.1, -0.05) is 22.0 Å². The Hall–Kier alpha value is -0.870. The van der Waals surface area contributed by atoms with Crippen molar-refractivity contribution < 1.29 is 4.79 Å². The molecule has 3 nitrogen and oxygen atoms in total. The first-order valence-electron chi connectivity index (χ1n) is 6.41. The highest BCUT2D eigenvalue weighted by Crippen LogP contribution is 2.24. The van der Waals surface area contributed by atoms with Gasteiger partial charge in [0, 0.05) is 29.2 Å². The molecule has 0 saturated carbocycles. The Morgan fingerprint density at radius 2 is 2.28 bits per heavy atom. The molecule has 0 aliphatic carbocycles. The van der Waals surface area contributed by atoms with E-state index in [2.05, 4.69) is 15.9 Å². The van der Waals surface area contributed by atoms with Gasteiger partial charge in [-0.05, 0) is 43.9 Å². The normalized spacial score (nSPS) is 19.9. The topological polar surface area (TPSA) is 46.3 Å². The lowest BCUT2D eigenvalue weighted by molar-refractivity contribution is 0.0622. The molecule has 0 bridgehead atoms. The Kier molecular flexibility index (Phi) is 4.40. The molecular formula is C14H19BrN2O. The summed E-state index contributed by atoms with van der Waals surface area (Å²) in [7, 11) is 0. The van der Waals surface area contributed by atoms with Crippen molar-refractivity contribution in [2.24, 2.45) is 5.73 Å². The first-order chi connectivity index (χ1) is 8.65. The van der Waals surface area contributed by atoms with E-state index >= 15 is 0 Å². The fourth-order valence-electron chi connectivity index (χ4n) is 2.51. The second-order valence-electron chi connectivity index (χ2n) is 4.80. The minimum atomic E-state index is 0.115. The highest BCUT2D eigenvalue weighted by molar-refractivity contribution is 9.10. The molecule has 0 radical (unpaired) electrons. The van der Waals surface area contributed by atoms with Crippen LogP contribution in [0.1, 0.15) is 35.2 Å². The smallest absolute Gasteiger partial charge is 0.254 e. The lowest BCUT2D eigenvalue weighted by Crippen LogP contribution is -2.47. The molecule has 98 valence electrons. The van der Waals surface area contributed by atoms with Crippen LogP contribution < -0.4 is 5.73 Å². The standard InChI is InChI=1S/C14H19BrN2O/c1-10-12(6-4-7-13(10)15)14(18)17-8-3-2-5-11(17)9-16/h4,6-7,11H,2-3,5,8-9,16H2,1H3/t11-/m1/s1. The Morgan fingerprint density at radius 1 is 1.50 bits per heavy atom. The number of halogens is 1. The van der Waals surface area contributed by atoms with Crippen LogP contribution in [0.15, 0.2) is 22.7 Å². The van der Waals surface area contributed by atoms with Crippen molar-refractivity contribution in [1.82, 2.24) is 4.90 Å². The van der Waals surface area contributed by atoms with Crippen LogP contribution in [0.2, 0.25) is 0 Å². The van der Waals surface area contributed by atoms with Crippen LogP contribution in [0, 0.1) is 6.92 Å². The van der Waals surface area contributed by atoms with Crippen molar-refractivity contribution in [3.05, 3.63) is 33.8 Å². The average molecular weight is 311 g/mol. The summed E-state index contributed by atoms with van der Waals surface area (Å²) in [6.07, 6.45) is 3.27. The molecule has 1 aromatic rings. The zero-order valence-corrected chi connectivity index (χ0v) is 12.2. The second kappa shape index (κ2) is 5.85. The summed E-state index contributed by atoms with van der Waals surface area (Å²) < 4.78 is 0.981. The van der Waals surface area contributed by atoms with Crippen LogP contribution in [-0.2, 0) is 0 Å². The van der Waals surface area contributed by atoms with Gasteiger partial charge < -0.3 is 10.6 Å². The summed E-state index contributed by atoms with van der Waals surface area (Å²) in [5.41, 5.74) is 7.56. The Bertz CT molecular complexity index is 447. The van der Waals surface area contributed by atoms with Crippen LogP contribution in [-0.4, -0.2) is 29.9 Å². The Morgan fingerprint density at radius 3 is 3.00 bits per heavy atom. The van der Waals surface area contributed by atoms with E-state index in [0.717, 1.165) is 35.0 Å². The second-order valence-corrected chi connectivity index (χ2v) is 5.65. The van der Waals surface area contributed by atoms with Crippen LogP contribution >= 0.6 is 15.9 Å². The van der Waals surface area contributed by atoms with Crippen LogP contribution in [0.25, 0.3) is 0 Å². The van der Waals surface area contributed by atoms with Crippen LogP contribution in [0.5, 0.6) is 0 Å². The molecule has 0 aromatic heterocycles. The number of likely N-dealkylation sites (tertiary alicyclic amines) is 1. The number of carbonyl (C=O) groups is 1. The molecule has 1 fully saturated rings. The number of rotatable bonds is 2. The molecule has 1 saturated heterocycles. The van der Waals surface area contributed by atoms with Crippen LogP contribution in [0.3, 0.4) is 0 Å². The summed E-state index contributed by atoms with van der Waals surface area (Å²) in [6.45, 7) is 3.35. The van der Waals surface area contributed by atoms with E-state index in [9.17, 15) is 4.79 Å². The van der Waals surface area contributed by atoms with Gasteiger partial charge in [0.25, 0.3) is 5.91 Å². The molecule has 1 aromatic carbocycles. The Labute approximate surface area is 116 Å². The van der Waals surface area contributed by atoms with Crippen molar-refractivity contribution in [2.75, 3.05) is 13.1 Å². The van der Waals surface area contributed by atoms with E-state index in [0.29, 0.717) is 6.54 Å². The molecule has 1 aliphatic rings. The minimum Gasteiger partial charge on any atom is -0.334 e. The molecule has 1 atom stereocenters. The lowest BCUT2D eigenvalue weighted by atomic mass is 9.99. The van der Waals surface area contributed by atoms with Gasteiger partial charge in [0.1, 0.15) is 0 Å². The van der Waals surface area contributed by atoms with E-state index in [1.54, 1.807) is 0 Å². The monoisotopic (exact) mass is 310 g/mol. The minimum absolute atomic E-state index is 0.115. The van der Waals surface area contributed by atoms with Crippen molar-refractivity contribution in [3.8, 4) is 0 Å².